The number of hydrogen-bond donors (Lipinski definition) is 2. The zero-order valence-electron chi connectivity index (χ0n) is 15.2. The Bertz CT molecular complexity index is 412. The first-order valence-electron chi connectivity index (χ1n) is 8.43. The molecule has 1 aliphatic rings. The van der Waals surface area contributed by atoms with Crippen LogP contribution in [0.15, 0.2) is 25.3 Å². The summed E-state index contributed by atoms with van der Waals surface area (Å²) < 4.78 is 5.69. The number of rotatable bonds is 9. The van der Waals surface area contributed by atoms with E-state index in [2.05, 4.69) is 31.5 Å². The van der Waals surface area contributed by atoms with Crippen LogP contribution >= 0.6 is 0 Å². The van der Waals surface area contributed by atoms with Gasteiger partial charge in [0.25, 0.3) is 0 Å². The molecule has 1 heterocycles. The molecule has 0 aliphatic carbocycles. The number of nitrogens with one attached hydrogen (secondary N) is 1. The number of aliphatic carboxylic acids is 1. The van der Waals surface area contributed by atoms with E-state index in [1.807, 2.05) is 17.9 Å². The summed E-state index contributed by atoms with van der Waals surface area (Å²) in [4.78, 5) is 24.3. The van der Waals surface area contributed by atoms with Crippen molar-refractivity contribution in [1.82, 2.24) is 10.2 Å². The Morgan fingerprint density at radius 1 is 1.46 bits per heavy atom. The minimum Gasteiger partial charge on any atom is -0.480 e. The van der Waals surface area contributed by atoms with Crippen molar-refractivity contribution in [3.63, 3.8) is 0 Å². The summed E-state index contributed by atoms with van der Waals surface area (Å²) >= 11 is 0. The molecule has 0 aromatic heterocycles. The molecule has 0 aromatic rings. The maximum atomic E-state index is 11.4. The van der Waals surface area contributed by atoms with Gasteiger partial charge in [-0.2, -0.15) is 0 Å². The summed E-state index contributed by atoms with van der Waals surface area (Å²) in [5, 5.41) is 12.0. The van der Waals surface area contributed by atoms with Crippen molar-refractivity contribution in [3.8, 4) is 0 Å². The van der Waals surface area contributed by atoms with Crippen LogP contribution in [0.2, 0.25) is 0 Å². The molecule has 0 spiro atoms. The van der Waals surface area contributed by atoms with E-state index in [1.165, 1.54) is 6.92 Å². The predicted octanol–water partition coefficient (Wildman–Crippen LogP) is 2.42. The summed E-state index contributed by atoms with van der Waals surface area (Å²) in [5.74, 6) is -0.624. The maximum absolute atomic E-state index is 11.4. The number of carboxylic acids is 1. The number of likely N-dealkylation sites (tertiary alicyclic amines) is 1. The van der Waals surface area contributed by atoms with Gasteiger partial charge in [0.15, 0.2) is 0 Å². The van der Waals surface area contributed by atoms with Crippen LogP contribution in [0.1, 0.15) is 40.0 Å². The standard InChI is InChI=1S/C16H28N2O4.C2H4/c1-4-6-13-8-15(16(20)21)18(9-13)10-14(7-5-2)22-11-17-12(3)19;1-2/h4,6,13-15H,5,7-11H2,1-3H3,(H,17,19)(H,20,21);1-2H2/t13-,14?,15-;/m1./s1. The van der Waals surface area contributed by atoms with E-state index in [9.17, 15) is 14.7 Å². The lowest BCUT2D eigenvalue weighted by atomic mass is 10.1. The van der Waals surface area contributed by atoms with E-state index in [0.29, 0.717) is 13.0 Å². The van der Waals surface area contributed by atoms with Gasteiger partial charge in [-0.1, -0.05) is 25.5 Å². The van der Waals surface area contributed by atoms with Gasteiger partial charge in [0.05, 0.1) is 6.10 Å². The summed E-state index contributed by atoms with van der Waals surface area (Å²) in [7, 11) is 0. The monoisotopic (exact) mass is 340 g/mol. The molecule has 6 nitrogen and oxygen atoms in total. The van der Waals surface area contributed by atoms with Crippen LogP contribution < -0.4 is 5.32 Å². The van der Waals surface area contributed by atoms with Crippen LogP contribution in [0.3, 0.4) is 0 Å². The molecule has 1 fully saturated rings. The van der Waals surface area contributed by atoms with Gasteiger partial charge in [-0.3, -0.25) is 14.5 Å². The van der Waals surface area contributed by atoms with Gasteiger partial charge in [0.1, 0.15) is 12.8 Å². The Morgan fingerprint density at radius 3 is 2.62 bits per heavy atom. The number of nitrogens with zero attached hydrogens (tertiary/aromatic N) is 1. The Balaban J connectivity index is 0.00000254. The summed E-state index contributed by atoms with van der Waals surface area (Å²) in [6.07, 6.45) is 6.42. The van der Waals surface area contributed by atoms with Gasteiger partial charge in [0, 0.05) is 20.0 Å². The molecule has 1 saturated heterocycles. The molecule has 1 aliphatic heterocycles. The summed E-state index contributed by atoms with van der Waals surface area (Å²) in [6.45, 7) is 13.0. The van der Waals surface area contributed by atoms with Crippen molar-refractivity contribution in [2.24, 2.45) is 5.92 Å². The SMILES string of the molecule is C=C.CC=C[C@@H]1C[C@H](C(=O)O)N(CC(CCC)OCNC(C)=O)C1. The fourth-order valence-electron chi connectivity index (χ4n) is 2.88. The fourth-order valence-corrected chi connectivity index (χ4v) is 2.88. The molecular weight excluding hydrogens is 308 g/mol. The number of ether oxygens (including phenoxy) is 1. The largest absolute Gasteiger partial charge is 0.480 e. The molecule has 1 rings (SSSR count). The van der Waals surface area contributed by atoms with Gasteiger partial charge < -0.3 is 15.2 Å². The third-order valence-corrected chi connectivity index (χ3v) is 3.87. The highest BCUT2D eigenvalue weighted by atomic mass is 16.5. The van der Waals surface area contributed by atoms with E-state index in [1.54, 1.807) is 0 Å². The number of hydrogen-bond acceptors (Lipinski definition) is 4. The maximum Gasteiger partial charge on any atom is 0.320 e. The molecule has 0 saturated carbocycles. The quantitative estimate of drug-likeness (QED) is 0.498. The van der Waals surface area contributed by atoms with Crippen molar-refractivity contribution in [1.29, 1.82) is 0 Å². The average molecular weight is 340 g/mol. The Labute approximate surface area is 145 Å². The fraction of sp³-hybridized carbons (Fsp3) is 0.667. The second kappa shape index (κ2) is 12.7. The Morgan fingerprint density at radius 2 is 2.12 bits per heavy atom. The lowest BCUT2D eigenvalue weighted by molar-refractivity contribution is -0.142. The van der Waals surface area contributed by atoms with Crippen LogP contribution in [0, 0.1) is 5.92 Å². The van der Waals surface area contributed by atoms with Crippen LogP contribution in [-0.2, 0) is 14.3 Å². The minimum absolute atomic E-state index is 0.0666. The molecule has 0 radical (unpaired) electrons. The van der Waals surface area contributed by atoms with Gasteiger partial charge in [-0.05, 0) is 25.7 Å². The highest BCUT2D eigenvalue weighted by Gasteiger charge is 2.36. The third-order valence-electron chi connectivity index (χ3n) is 3.87. The number of carboxylic acid groups (broad SMARTS) is 1. The van der Waals surface area contributed by atoms with E-state index in [4.69, 9.17) is 4.74 Å². The lowest BCUT2D eigenvalue weighted by Gasteiger charge is -2.27. The average Bonchev–Trinajstić information content (AvgIpc) is 2.92. The second-order valence-corrected chi connectivity index (χ2v) is 5.78. The molecule has 1 amide bonds. The molecule has 24 heavy (non-hydrogen) atoms. The van der Waals surface area contributed by atoms with Gasteiger partial charge in [0.2, 0.25) is 5.91 Å². The van der Waals surface area contributed by atoms with Gasteiger partial charge in [-0.25, -0.2) is 0 Å². The normalized spacial score (nSPS) is 22.0. The molecule has 1 unspecified atom stereocenters. The molecule has 2 N–H and O–H groups in total. The van der Waals surface area contributed by atoms with E-state index < -0.39 is 12.0 Å². The molecular formula is C18H32N2O4. The number of allylic oxidation sites excluding steroid dienone is 1. The van der Waals surface area contributed by atoms with Crippen LogP contribution in [0.25, 0.3) is 0 Å². The van der Waals surface area contributed by atoms with Crippen molar-refractivity contribution < 1.29 is 19.4 Å². The zero-order chi connectivity index (χ0) is 18.5. The highest BCUT2D eigenvalue weighted by Crippen LogP contribution is 2.25. The van der Waals surface area contributed by atoms with Crippen LogP contribution in [-0.4, -0.2) is 53.8 Å². The third kappa shape index (κ3) is 8.26. The van der Waals surface area contributed by atoms with Crippen LogP contribution in [0.5, 0.6) is 0 Å². The van der Waals surface area contributed by atoms with Gasteiger partial charge in [-0.15, -0.1) is 13.2 Å². The first kappa shape index (κ1) is 22.3. The number of carbonyl (C=O) groups is 2. The number of carbonyl (C=O) groups excluding carboxylic acids is 1. The zero-order valence-corrected chi connectivity index (χ0v) is 15.2. The first-order chi connectivity index (χ1) is 11.5. The smallest absolute Gasteiger partial charge is 0.320 e. The summed E-state index contributed by atoms with van der Waals surface area (Å²) in [6, 6.07) is -0.454. The van der Waals surface area contributed by atoms with Crippen molar-refractivity contribution in [2.45, 2.75) is 52.2 Å². The predicted molar refractivity (Wildman–Crippen MR) is 95.6 cm³/mol. The van der Waals surface area contributed by atoms with Crippen molar-refractivity contribution in [3.05, 3.63) is 25.3 Å². The molecule has 0 aromatic carbocycles. The minimum atomic E-state index is -0.774. The summed E-state index contributed by atoms with van der Waals surface area (Å²) in [5.41, 5.74) is 0. The Hall–Kier alpha value is -1.66. The van der Waals surface area contributed by atoms with E-state index in [0.717, 1.165) is 19.4 Å². The Kier molecular flexibility index (Phi) is 11.8. The molecule has 6 heteroatoms. The highest BCUT2D eigenvalue weighted by molar-refractivity contribution is 5.74. The number of amides is 1. The van der Waals surface area contributed by atoms with E-state index >= 15 is 0 Å². The van der Waals surface area contributed by atoms with Gasteiger partial charge >= 0.3 is 5.97 Å². The topological polar surface area (TPSA) is 78.9 Å². The molecule has 3 atom stereocenters. The van der Waals surface area contributed by atoms with Crippen molar-refractivity contribution in [2.75, 3.05) is 19.8 Å². The van der Waals surface area contributed by atoms with Crippen LogP contribution in [0.4, 0.5) is 0 Å². The molecule has 0 bridgehead atoms. The lowest BCUT2D eigenvalue weighted by Crippen LogP contribution is -2.42. The second-order valence-electron chi connectivity index (χ2n) is 5.78. The molecule has 138 valence electrons. The first-order valence-corrected chi connectivity index (χ1v) is 8.43. The van der Waals surface area contributed by atoms with E-state index in [-0.39, 0.29) is 24.7 Å². The van der Waals surface area contributed by atoms with Crippen molar-refractivity contribution >= 4 is 11.9 Å².